The zero-order valence-corrected chi connectivity index (χ0v) is 10.4. The number of aromatic nitrogens is 1. The van der Waals surface area contributed by atoms with Crippen LogP contribution in [0.25, 0.3) is 0 Å². The third-order valence-corrected chi connectivity index (χ3v) is 2.64. The molecule has 1 aromatic carbocycles. The Morgan fingerprint density at radius 3 is 2.68 bits per heavy atom. The van der Waals surface area contributed by atoms with Gasteiger partial charge in [-0.3, -0.25) is 4.98 Å². The fourth-order valence-corrected chi connectivity index (χ4v) is 1.61. The summed E-state index contributed by atoms with van der Waals surface area (Å²) >= 11 is 0. The highest BCUT2D eigenvalue weighted by Crippen LogP contribution is 2.22. The van der Waals surface area contributed by atoms with Crippen molar-refractivity contribution in [2.24, 2.45) is 5.73 Å². The Morgan fingerprint density at radius 2 is 2.05 bits per heavy atom. The highest BCUT2D eigenvalue weighted by Gasteiger charge is 2.07. The molecule has 0 saturated carbocycles. The number of rotatable bonds is 4. The van der Waals surface area contributed by atoms with E-state index >= 15 is 0 Å². The Balaban J connectivity index is 2.07. The number of nitrogens with zero attached hydrogens (tertiary/aromatic N) is 1. The fraction of sp³-hybridized carbons (Fsp3) is 0.214. The minimum absolute atomic E-state index is 0.0548. The van der Waals surface area contributed by atoms with Crippen LogP contribution in [0.4, 0.5) is 8.78 Å². The Bertz CT molecular complexity index is 573. The van der Waals surface area contributed by atoms with Gasteiger partial charge in [-0.1, -0.05) is 6.07 Å². The van der Waals surface area contributed by atoms with E-state index in [-0.39, 0.29) is 18.4 Å². The van der Waals surface area contributed by atoms with Gasteiger partial charge in [0.1, 0.15) is 12.4 Å². The summed E-state index contributed by atoms with van der Waals surface area (Å²) in [5.74, 6) is -0.832. The zero-order valence-electron chi connectivity index (χ0n) is 10.4. The van der Waals surface area contributed by atoms with Crippen molar-refractivity contribution < 1.29 is 13.5 Å². The molecule has 0 aliphatic rings. The van der Waals surface area contributed by atoms with Crippen molar-refractivity contribution in [1.82, 2.24) is 4.98 Å². The molecule has 0 aliphatic carbocycles. The second kappa shape index (κ2) is 5.75. The Hall–Kier alpha value is -2.01. The van der Waals surface area contributed by atoms with Crippen LogP contribution in [0.3, 0.4) is 0 Å². The summed E-state index contributed by atoms with van der Waals surface area (Å²) in [6.45, 7) is 1.83. The van der Waals surface area contributed by atoms with E-state index < -0.39 is 11.6 Å². The van der Waals surface area contributed by atoms with Crippen LogP contribution >= 0.6 is 0 Å². The van der Waals surface area contributed by atoms with Crippen LogP contribution in [-0.4, -0.2) is 4.98 Å². The van der Waals surface area contributed by atoms with Crippen molar-refractivity contribution >= 4 is 0 Å². The predicted octanol–water partition coefficient (Wildman–Crippen LogP) is 2.96. The maximum atomic E-state index is 13.7. The SMILES string of the molecule is C[C@@H](N)c1ccc(OCc2cncc(F)c2)c(F)c1. The molecule has 5 heteroatoms. The minimum atomic E-state index is -0.487. The van der Waals surface area contributed by atoms with E-state index in [0.29, 0.717) is 11.1 Å². The van der Waals surface area contributed by atoms with Gasteiger partial charge in [-0.15, -0.1) is 0 Å². The van der Waals surface area contributed by atoms with E-state index in [0.717, 1.165) is 6.20 Å². The molecule has 3 nitrogen and oxygen atoms in total. The van der Waals surface area contributed by atoms with Crippen molar-refractivity contribution in [2.75, 3.05) is 0 Å². The number of halogens is 2. The van der Waals surface area contributed by atoms with Crippen molar-refractivity contribution in [2.45, 2.75) is 19.6 Å². The maximum absolute atomic E-state index is 13.7. The maximum Gasteiger partial charge on any atom is 0.165 e. The van der Waals surface area contributed by atoms with Gasteiger partial charge in [0.25, 0.3) is 0 Å². The molecule has 0 radical (unpaired) electrons. The molecule has 0 spiro atoms. The smallest absolute Gasteiger partial charge is 0.165 e. The van der Waals surface area contributed by atoms with Crippen molar-refractivity contribution in [1.29, 1.82) is 0 Å². The first-order chi connectivity index (χ1) is 9.06. The first-order valence-electron chi connectivity index (χ1n) is 5.83. The first-order valence-corrected chi connectivity index (χ1v) is 5.83. The summed E-state index contributed by atoms with van der Waals surface area (Å²) in [7, 11) is 0. The second-order valence-corrected chi connectivity index (χ2v) is 4.28. The molecule has 0 fully saturated rings. The number of hydrogen-bond donors (Lipinski definition) is 1. The Labute approximate surface area is 110 Å². The summed E-state index contributed by atoms with van der Waals surface area (Å²) < 4.78 is 31.9. The van der Waals surface area contributed by atoms with Crippen molar-refractivity contribution in [3.8, 4) is 5.75 Å². The monoisotopic (exact) mass is 264 g/mol. The van der Waals surface area contributed by atoms with Gasteiger partial charge < -0.3 is 10.5 Å². The number of hydrogen-bond acceptors (Lipinski definition) is 3. The van der Waals surface area contributed by atoms with Gasteiger partial charge >= 0.3 is 0 Å². The Kier molecular flexibility index (Phi) is 4.06. The Morgan fingerprint density at radius 1 is 1.26 bits per heavy atom. The average Bonchev–Trinajstić information content (AvgIpc) is 2.37. The molecule has 1 heterocycles. The van der Waals surface area contributed by atoms with Crippen LogP contribution in [0.2, 0.25) is 0 Å². The number of benzene rings is 1. The van der Waals surface area contributed by atoms with Gasteiger partial charge in [-0.05, 0) is 30.7 Å². The molecule has 2 rings (SSSR count). The predicted molar refractivity (Wildman–Crippen MR) is 67.5 cm³/mol. The van der Waals surface area contributed by atoms with E-state index in [1.807, 2.05) is 0 Å². The lowest BCUT2D eigenvalue weighted by molar-refractivity contribution is 0.289. The number of pyridine rings is 1. The summed E-state index contributed by atoms with van der Waals surface area (Å²) in [6.07, 6.45) is 2.57. The molecule has 1 atom stereocenters. The van der Waals surface area contributed by atoms with Crippen LogP contribution in [0, 0.1) is 11.6 Å². The summed E-state index contributed by atoms with van der Waals surface area (Å²) in [4.78, 5) is 3.69. The lowest BCUT2D eigenvalue weighted by Gasteiger charge is -2.10. The van der Waals surface area contributed by atoms with Crippen LogP contribution in [0.1, 0.15) is 24.1 Å². The van der Waals surface area contributed by atoms with E-state index in [9.17, 15) is 8.78 Å². The van der Waals surface area contributed by atoms with Crippen LogP contribution in [0.15, 0.2) is 36.7 Å². The lowest BCUT2D eigenvalue weighted by Crippen LogP contribution is -2.06. The van der Waals surface area contributed by atoms with Gasteiger partial charge in [-0.2, -0.15) is 0 Å². The van der Waals surface area contributed by atoms with Gasteiger partial charge in [0, 0.05) is 17.8 Å². The summed E-state index contributed by atoms with van der Waals surface area (Å²) in [5.41, 5.74) is 6.89. The molecule has 0 bridgehead atoms. The van der Waals surface area contributed by atoms with Crippen molar-refractivity contribution in [3.05, 3.63) is 59.4 Å². The van der Waals surface area contributed by atoms with Crippen LogP contribution < -0.4 is 10.5 Å². The quantitative estimate of drug-likeness (QED) is 0.923. The highest BCUT2D eigenvalue weighted by atomic mass is 19.1. The average molecular weight is 264 g/mol. The third kappa shape index (κ3) is 3.48. The molecule has 2 N–H and O–H groups in total. The van der Waals surface area contributed by atoms with E-state index in [1.165, 1.54) is 24.4 Å². The largest absolute Gasteiger partial charge is 0.486 e. The number of ether oxygens (including phenoxy) is 1. The third-order valence-electron chi connectivity index (χ3n) is 2.64. The topological polar surface area (TPSA) is 48.1 Å². The molecule has 0 unspecified atom stereocenters. The zero-order chi connectivity index (χ0) is 13.8. The van der Waals surface area contributed by atoms with Crippen molar-refractivity contribution in [3.63, 3.8) is 0 Å². The molecular formula is C14H14F2N2O. The first kappa shape index (κ1) is 13.4. The lowest BCUT2D eigenvalue weighted by atomic mass is 10.1. The summed E-state index contributed by atoms with van der Waals surface area (Å²) in [5, 5.41) is 0. The molecule has 1 aromatic heterocycles. The van der Waals surface area contributed by atoms with Gasteiger partial charge in [0.2, 0.25) is 0 Å². The van der Waals surface area contributed by atoms with Gasteiger partial charge in [-0.25, -0.2) is 8.78 Å². The van der Waals surface area contributed by atoms with Crippen LogP contribution in [0.5, 0.6) is 5.75 Å². The molecule has 100 valence electrons. The molecule has 19 heavy (non-hydrogen) atoms. The molecule has 2 aromatic rings. The molecule has 0 saturated heterocycles. The van der Waals surface area contributed by atoms with Gasteiger partial charge in [0.15, 0.2) is 11.6 Å². The molecule has 0 aliphatic heterocycles. The fourth-order valence-electron chi connectivity index (χ4n) is 1.61. The normalized spacial score (nSPS) is 12.2. The van der Waals surface area contributed by atoms with E-state index in [1.54, 1.807) is 13.0 Å². The molecule has 0 amide bonds. The van der Waals surface area contributed by atoms with Gasteiger partial charge in [0.05, 0.1) is 6.20 Å². The summed E-state index contributed by atoms with van der Waals surface area (Å²) in [6, 6.07) is 5.61. The number of nitrogens with two attached hydrogens (primary N) is 1. The molecular weight excluding hydrogens is 250 g/mol. The standard InChI is InChI=1S/C14H14F2N2O/c1-9(17)11-2-3-14(13(16)5-11)19-8-10-4-12(15)7-18-6-10/h2-7,9H,8,17H2,1H3/t9-/m1/s1. The van der Waals surface area contributed by atoms with E-state index in [2.05, 4.69) is 4.98 Å². The minimum Gasteiger partial charge on any atom is -0.486 e. The van der Waals surface area contributed by atoms with E-state index in [4.69, 9.17) is 10.5 Å². The van der Waals surface area contributed by atoms with Crippen LogP contribution in [-0.2, 0) is 6.61 Å². The second-order valence-electron chi connectivity index (χ2n) is 4.28. The highest BCUT2D eigenvalue weighted by molar-refractivity contribution is 5.31.